The molecule has 1 unspecified atom stereocenters. The molecule has 0 bridgehead atoms. The second kappa shape index (κ2) is 6.24. The molecular formula is C15H16F2N2O2S. The number of amides is 2. The molecule has 22 heavy (non-hydrogen) atoms. The molecule has 1 aromatic rings. The van der Waals surface area contributed by atoms with Crippen molar-refractivity contribution in [1.82, 2.24) is 4.90 Å². The molecule has 0 aromatic heterocycles. The van der Waals surface area contributed by atoms with Crippen LogP contribution in [0.25, 0.3) is 0 Å². The van der Waals surface area contributed by atoms with Gasteiger partial charge in [0.15, 0.2) is 0 Å². The highest BCUT2D eigenvalue weighted by atomic mass is 32.2. The molecule has 1 aromatic carbocycles. The molecule has 2 aliphatic heterocycles. The highest BCUT2D eigenvalue weighted by molar-refractivity contribution is 7.99. The lowest BCUT2D eigenvalue weighted by atomic mass is 10.1. The third kappa shape index (κ3) is 2.95. The monoisotopic (exact) mass is 326 g/mol. The number of hydrogen-bond acceptors (Lipinski definition) is 3. The van der Waals surface area contributed by atoms with E-state index in [9.17, 15) is 18.4 Å². The van der Waals surface area contributed by atoms with E-state index in [4.69, 9.17) is 0 Å². The molecule has 7 heteroatoms. The van der Waals surface area contributed by atoms with Crippen molar-refractivity contribution >= 4 is 29.3 Å². The fourth-order valence-electron chi connectivity index (χ4n) is 2.86. The first-order valence-corrected chi connectivity index (χ1v) is 8.36. The van der Waals surface area contributed by atoms with Gasteiger partial charge in [0.05, 0.1) is 0 Å². The van der Waals surface area contributed by atoms with Gasteiger partial charge in [-0.15, -0.1) is 0 Å². The van der Waals surface area contributed by atoms with Crippen LogP contribution in [0.5, 0.6) is 0 Å². The largest absolute Gasteiger partial charge is 0.340 e. The summed E-state index contributed by atoms with van der Waals surface area (Å²) in [6, 6.07) is 2.99. The van der Waals surface area contributed by atoms with E-state index < -0.39 is 17.6 Å². The van der Waals surface area contributed by atoms with Gasteiger partial charge in [0.25, 0.3) is 0 Å². The van der Waals surface area contributed by atoms with Crippen molar-refractivity contribution in [3.05, 3.63) is 29.8 Å². The van der Waals surface area contributed by atoms with E-state index in [-0.39, 0.29) is 17.5 Å². The van der Waals surface area contributed by atoms with Crippen LogP contribution in [0.3, 0.4) is 0 Å². The predicted octanol–water partition coefficient (Wildman–Crippen LogP) is 1.89. The summed E-state index contributed by atoms with van der Waals surface area (Å²) >= 11 is 1.79. The van der Waals surface area contributed by atoms with Crippen LogP contribution < -0.4 is 4.90 Å². The number of carbonyl (C=O) groups is 2. The molecule has 118 valence electrons. The zero-order chi connectivity index (χ0) is 15.7. The van der Waals surface area contributed by atoms with Gasteiger partial charge in [0.1, 0.15) is 17.6 Å². The summed E-state index contributed by atoms with van der Waals surface area (Å²) in [5.41, 5.74) is 0.173. The molecule has 1 atom stereocenters. The molecule has 2 aliphatic rings. The lowest BCUT2D eigenvalue weighted by Crippen LogP contribution is -2.44. The van der Waals surface area contributed by atoms with E-state index >= 15 is 0 Å². The number of nitrogens with zero attached hydrogens (tertiary/aromatic N) is 2. The Hall–Kier alpha value is -1.63. The van der Waals surface area contributed by atoms with Crippen molar-refractivity contribution in [3.63, 3.8) is 0 Å². The van der Waals surface area contributed by atoms with Crippen molar-refractivity contribution in [2.45, 2.75) is 6.42 Å². The Morgan fingerprint density at radius 1 is 1.09 bits per heavy atom. The molecule has 2 heterocycles. The smallest absolute Gasteiger partial charge is 0.239 e. The first-order chi connectivity index (χ1) is 10.6. The fraction of sp³-hybridized carbons (Fsp3) is 0.467. The number of anilines is 1. The number of carbonyl (C=O) groups excluding carboxylic acids is 2. The Labute approximate surface area is 131 Å². The Bertz CT molecular complexity index is 585. The van der Waals surface area contributed by atoms with Crippen molar-refractivity contribution in [2.24, 2.45) is 5.92 Å². The van der Waals surface area contributed by atoms with Gasteiger partial charge < -0.3 is 9.80 Å². The third-order valence-corrected chi connectivity index (χ3v) is 4.93. The number of rotatable bonds is 2. The van der Waals surface area contributed by atoms with E-state index in [2.05, 4.69) is 0 Å². The van der Waals surface area contributed by atoms with Gasteiger partial charge in [-0.25, -0.2) is 8.78 Å². The molecule has 0 saturated carbocycles. The van der Waals surface area contributed by atoms with Gasteiger partial charge in [-0.05, 0) is 18.6 Å². The van der Waals surface area contributed by atoms with Gasteiger partial charge in [0.2, 0.25) is 11.8 Å². The molecule has 0 aliphatic carbocycles. The van der Waals surface area contributed by atoms with Gasteiger partial charge in [-0.2, -0.15) is 11.8 Å². The van der Waals surface area contributed by atoms with E-state index in [1.165, 1.54) is 4.90 Å². The van der Waals surface area contributed by atoms with E-state index in [1.54, 1.807) is 16.7 Å². The number of halogens is 2. The first-order valence-electron chi connectivity index (χ1n) is 7.20. The normalized spacial score (nSPS) is 22.3. The van der Waals surface area contributed by atoms with Crippen LogP contribution in [0.4, 0.5) is 14.5 Å². The second-order valence-corrected chi connectivity index (χ2v) is 6.62. The first kappa shape index (κ1) is 15.3. The minimum absolute atomic E-state index is 0.162. The van der Waals surface area contributed by atoms with Crippen molar-refractivity contribution in [3.8, 4) is 0 Å². The molecule has 0 spiro atoms. The van der Waals surface area contributed by atoms with Crippen LogP contribution in [0.15, 0.2) is 18.2 Å². The van der Waals surface area contributed by atoms with E-state index in [0.29, 0.717) is 26.1 Å². The predicted molar refractivity (Wildman–Crippen MR) is 80.7 cm³/mol. The van der Waals surface area contributed by atoms with Crippen molar-refractivity contribution in [1.29, 1.82) is 0 Å². The standard InChI is InChI=1S/C15H16F2N2O2S/c16-10-7-11(17)9-12(8-10)19-2-1-13(15(19)21)14(20)18-3-5-22-6-4-18/h7-9,13H,1-6H2. The van der Waals surface area contributed by atoms with E-state index in [1.807, 2.05) is 0 Å². The summed E-state index contributed by atoms with van der Waals surface area (Å²) in [6.45, 7) is 1.62. The Morgan fingerprint density at radius 2 is 1.73 bits per heavy atom. The van der Waals surface area contributed by atoms with Crippen LogP contribution in [0.1, 0.15) is 6.42 Å². The number of hydrogen-bond donors (Lipinski definition) is 0. The molecule has 0 N–H and O–H groups in total. The van der Waals surface area contributed by atoms with Crippen LogP contribution in [-0.4, -0.2) is 47.9 Å². The maximum absolute atomic E-state index is 13.3. The fourth-order valence-corrected chi connectivity index (χ4v) is 3.77. The number of thioether (sulfide) groups is 1. The van der Waals surface area contributed by atoms with Crippen LogP contribution in [-0.2, 0) is 9.59 Å². The van der Waals surface area contributed by atoms with Gasteiger partial charge in [-0.3, -0.25) is 9.59 Å². The highest BCUT2D eigenvalue weighted by Gasteiger charge is 2.40. The average Bonchev–Trinajstić information content (AvgIpc) is 2.88. The Kier molecular flexibility index (Phi) is 4.33. The summed E-state index contributed by atoms with van der Waals surface area (Å²) in [5, 5.41) is 0. The molecule has 2 fully saturated rings. The maximum atomic E-state index is 13.3. The molecule has 2 saturated heterocycles. The van der Waals surface area contributed by atoms with Crippen molar-refractivity contribution < 1.29 is 18.4 Å². The lowest BCUT2D eigenvalue weighted by Gasteiger charge is -2.28. The van der Waals surface area contributed by atoms with Crippen molar-refractivity contribution in [2.75, 3.05) is 36.0 Å². The maximum Gasteiger partial charge on any atom is 0.239 e. The zero-order valence-electron chi connectivity index (χ0n) is 11.9. The highest BCUT2D eigenvalue weighted by Crippen LogP contribution is 2.28. The van der Waals surface area contributed by atoms with E-state index in [0.717, 1.165) is 29.7 Å². The van der Waals surface area contributed by atoms with Gasteiger partial charge in [0, 0.05) is 42.9 Å². The summed E-state index contributed by atoms with van der Waals surface area (Å²) in [4.78, 5) is 27.9. The SMILES string of the molecule is O=C(C1CCN(c2cc(F)cc(F)c2)C1=O)N1CCSCC1. The Balaban J connectivity index is 1.75. The zero-order valence-corrected chi connectivity index (χ0v) is 12.7. The van der Waals surface area contributed by atoms with Crippen LogP contribution in [0, 0.1) is 17.6 Å². The molecule has 3 rings (SSSR count). The quantitative estimate of drug-likeness (QED) is 0.780. The summed E-state index contributed by atoms with van der Waals surface area (Å²) in [5.74, 6) is -0.958. The molecule has 2 amide bonds. The van der Waals surface area contributed by atoms with Gasteiger partial charge >= 0.3 is 0 Å². The topological polar surface area (TPSA) is 40.6 Å². The van der Waals surface area contributed by atoms with Gasteiger partial charge in [-0.1, -0.05) is 0 Å². The third-order valence-electron chi connectivity index (χ3n) is 3.99. The minimum Gasteiger partial charge on any atom is -0.340 e. The summed E-state index contributed by atoms with van der Waals surface area (Å²) in [7, 11) is 0. The summed E-state index contributed by atoms with van der Waals surface area (Å²) < 4.78 is 26.6. The molecular weight excluding hydrogens is 310 g/mol. The average molecular weight is 326 g/mol. The summed E-state index contributed by atoms with van der Waals surface area (Å²) in [6.07, 6.45) is 0.388. The second-order valence-electron chi connectivity index (χ2n) is 5.40. The Morgan fingerprint density at radius 3 is 2.36 bits per heavy atom. The minimum atomic E-state index is -0.731. The lowest BCUT2D eigenvalue weighted by molar-refractivity contribution is -0.139. The van der Waals surface area contributed by atoms with Crippen LogP contribution >= 0.6 is 11.8 Å². The molecule has 4 nitrogen and oxygen atoms in total. The molecule has 0 radical (unpaired) electrons. The number of benzene rings is 1. The van der Waals surface area contributed by atoms with Crippen LogP contribution in [0.2, 0.25) is 0 Å².